The third kappa shape index (κ3) is 4.17. The van der Waals surface area contributed by atoms with E-state index in [-0.39, 0.29) is 6.79 Å². The number of halogens is 3. The van der Waals surface area contributed by atoms with Crippen LogP contribution in [0.2, 0.25) is 0 Å². The molecule has 3 rings (SSSR count). The van der Waals surface area contributed by atoms with Gasteiger partial charge in [0.2, 0.25) is 12.7 Å². The Bertz CT molecular complexity index is 846. The molecule has 0 spiro atoms. The van der Waals surface area contributed by atoms with Crippen molar-refractivity contribution in [3.8, 4) is 11.5 Å². The fraction of sp³-hybridized carbons (Fsp3) is 0.211. The smallest absolute Gasteiger partial charge is 0.416 e. The molecule has 7 heteroatoms. The van der Waals surface area contributed by atoms with Crippen molar-refractivity contribution in [2.75, 3.05) is 6.79 Å². The lowest BCUT2D eigenvalue weighted by Gasteiger charge is -2.15. The number of ether oxygens (including phenoxy) is 2. The predicted octanol–water partition coefficient (Wildman–Crippen LogP) is 4.32. The van der Waals surface area contributed by atoms with Gasteiger partial charge < -0.3 is 14.8 Å². The SMILES string of the molecule is CC(NC(=O)/C=C/c1ccc2c(c1)OCO2)c1cccc(C(F)(F)F)c1. The second kappa shape index (κ2) is 7.11. The van der Waals surface area contributed by atoms with E-state index in [9.17, 15) is 18.0 Å². The normalized spacial score (nSPS) is 14.5. The van der Waals surface area contributed by atoms with Gasteiger partial charge in [0, 0.05) is 6.08 Å². The molecule has 1 unspecified atom stereocenters. The molecule has 1 N–H and O–H groups in total. The molecule has 0 fully saturated rings. The van der Waals surface area contributed by atoms with Gasteiger partial charge in [0.1, 0.15) is 0 Å². The second-order valence-corrected chi connectivity index (χ2v) is 5.80. The van der Waals surface area contributed by atoms with Crippen LogP contribution in [0.1, 0.15) is 29.7 Å². The number of hydrogen-bond donors (Lipinski definition) is 1. The molecule has 0 saturated heterocycles. The molecule has 1 aliphatic heterocycles. The largest absolute Gasteiger partial charge is 0.454 e. The number of carbonyl (C=O) groups excluding carboxylic acids is 1. The Hall–Kier alpha value is -2.96. The number of nitrogens with one attached hydrogen (secondary N) is 1. The van der Waals surface area contributed by atoms with Gasteiger partial charge >= 0.3 is 6.18 Å². The van der Waals surface area contributed by atoms with Crippen LogP contribution >= 0.6 is 0 Å². The minimum absolute atomic E-state index is 0.164. The van der Waals surface area contributed by atoms with Crippen LogP contribution in [0.5, 0.6) is 11.5 Å². The highest BCUT2D eigenvalue weighted by molar-refractivity contribution is 5.92. The maximum Gasteiger partial charge on any atom is 0.416 e. The van der Waals surface area contributed by atoms with Crippen molar-refractivity contribution in [3.63, 3.8) is 0 Å². The van der Waals surface area contributed by atoms with E-state index >= 15 is 0 Å². The quantitative estimate of drug-likeness (QED) is 0.823. The topological polar surface area (TPSA) is 47.6 Å². The van der Waals surface area contributed by atoms with Crippen molar-refractivity contribution in [1.29, 1.82) is 0 Å². The summed E-state index contributed by atoms with van der Waals surface area (Å²) in [5, 5.41) is 2.65. The molecule has 1 aliphatic rings. The molecule has 0 saturated carbocycles. The molecule has 4 nitrogen and oxygen atoms in total. The molecule has 2 aromatic rings. The van der Waals surface area contributed by atoms with E-state index < -0.39 is 23.7 Å². The molecule has 1 heterocycles. The highest BCUT2D eigenvalue weighted by Crippen LogP contribution is 2.33. The third-order valence-corrected chi connectivity index (χ3v) is 3.90. The summed E-state index contributed by atoms with van der Waals surface area (Å²) < 4.78 is 48.8. The van der Waals surface area contributed by atoms with Crippen molar-refractivity contribution in [2.24, 2.45) is 0 Å². The predicted molar refractivity (Wildman–Crippen MR) is 89.6 cm³/mol. The first-order valence-electron chi connectivity index (χ1n) is 7.88. The molecule has 2 aromatic carbocycles. The summed E-state index contributed by atoms with van der Waals surface area (Å²) in [4.78, 5) is 12.0. The van der Waals surface area contributed by atoms with Crippen LogP contribution in [0.15, 0.2) is 48.5 Å². The molecule has 0 bridgehead atoms. The van der Waals surface area contributed by atoms with Crippen molar-refractivity contribution in [2.45, 2.75) is 19.1 Å². The Morgan fingerprint density at radius 3 is 2.69 bits per heavy atom. The van der Waals surface area contributed by atoms with Gasteiger partial charge in [-0.3, -0.25) is 4.79 Å². The number of amides is 1. The van der Waals surface area contributed by atoms with Gasteiger partial charge in [-0.2, -0.15) is 13.2 Å². The average molecular weight is 363 g/mol. The van der Waals surface area contributed by atoms with Crippen LogP contribution in [0.25, 0.3) is 6.08 Å². The van der Waals surface area contributed by atoms with E-state index in [0.29, 0.717) is 17.1 Å². The van der Waals surface area contributed by atoms with Crippen LogP contribution in [-0.2, 0) is 11.0 Å². The first-order valence-corrected chi connectivity index (χ1v) is 7.88. The Morgan fingerprint density at radius 2 is 1.92 bits per heavy atom. The van der Waals surface area contributed by atoms with E-state index in [1.807, 2.05) is 0 Å². The van der Waals surface area contributed by atoms with E-state index in [4.69, 9.17) is 9.47 Å². The Labute approximate surface area is 148 Å². The average Bonchev–Trinajstić information content (AvgIpc) is 3.07. The standard InChI is InChI=1S/C19H16F3NO3/c1-12(14-3-2-4-15(10-14)19(20,21)22)23-18(24)8-6-13-5-7-16-17(9-13)26-11-25-16/h2-10,12H,11H2,1H3,(H,23,24)/b8-6+. The highest BCUT2D eigenvalue weighted by atomic mass is 19.4. The fourth-order valence-corrected chi connectivity index (χ4v) is 2.52. The van der Waals surface area contributed by atoms with E-state index in [0.717, 1.165) is 17.7 Å². The van der Waals surface area contributed by atoms with Crippen molar-refractivity contribution in [1.82, 2.24) is 5.32 Å². The summed E-state index contributed by atoms with van der Waals surface area (Å²) >= 11 is 0. The molecule has 26 heavy (non-hydrogen) atoms. The summed E-state index contributed by atoms with van der Waals surface area (Å²) in [7, 11) is 0. The molecule has 0 aromatic heterocycles. The molecule has 136 valence electrons. The zero-order valence-corrected chi connectivity index (χ0v) is 13.8. The number of carbonyl (C=O) groups is 1. The van der Waals surface area contributed by atoms with Crippen LogP contribution in [0.4, 0.5) is 13.2 Å². The summed E-state index contributed by atoms with van der Waals surface area (Å²) in [6.07, 6.45) is -1.50. The zero-order valence-electron chi connectivity index (χ0n) is 13.8. The number of alkyl halides is 3. The number of hydrogen-bond acceptors (Lipinski definition) is 3. The van der Waals surface area contributed by atoms with Crippen LogP contribution < -0.4 is 14.8 Å². The lowest BCUT2D eigenvalue weighted by Crippen LogP contribution is -2.24. The zero-order chi connectivity index (χ0) is 18.7. The fourth-order valence-electron chi connectivity index (χ4n) is 2.52. The summed E-state index contributed by atoms with van der Waals surface area (Å²) in [5.74, 6) is 0.835. The van der Waals surface area contributed by atoms with Gasteiger partial charge in [-0.05, 0) is 48.4 Å². The molecule has 1 atom stereocenters. The summed E-state index contributed by atoms with van der Waals surface area (Å²) in [6.45, 7) is 1.79. The monoisotopic (exact) mass is 363 g/mol. The van der Waals surface area contributed by atoms with Gasteiger partial charge in [-0.1, -0.05) is 18.2 Å². The van der Waals surface area contributed by atoms with Crippen molar-refractivity contribution in [3.05, 3.63) is 65.2 Å². The second-order valence-electron chi connectivity index (χ2n) is 5.80. The minimum atomic E-state index is -4.42. The summed E-state index contributed by atoms with van der Waals surface area (Å²) in [5.41, 5.74) is 0.382. The van der Waals surface area contributed by atoms with Gasteiger partial charge in [0.25, 0.3) is 0 Å². The Balaban J connectivity index is 1.64. The minimum Gasteiger partial charge on any atom is -0.454 e. The molecule has 0 radical (unpaired) electrons. The Kier molecular flexibility index (Phi) is 4.88. The van der Waals surface area contributed by atoms with Crippen LogP contribution in [-0.4, -0.2) is 12.7 Å². The lowest BCUT2D eigenvalue weighted by atomic mass is 10.0. The van der Waals surface area contributed by atoms with E-state index in [1.165, 1.54) is 12.1 Å². The highest BCUT2D eigenvalue weighted by Gasteiger charge is 2.30. The maximum atomic E-state index is 12.8. The molecule has 1 amide bonds. The van der Waals surface area contributed by atoms with Gasteiger partial charge in [0.05, 0.1) is 11.6 Å². The van der Waals surface area contributed by atoms with Crippen LogP contribution in [0.3, 0.4) is 0 Å². The van der Waals surface area contributed by atoms with Crippen molar-refractivity contribution < 1.29 is 27.4 Å². The molecule has 0 aliphatic carbocycles. The van der Waals surface area contributed by atoms with Gasteiger partial charge in [0.15, 0.2) is 11.5 Å². The number of rotatable bonds is 4. The third-order valence-electron chi connectivity index (χ3n) is 3.90. The maximum absolute atomic E-state index is 12.8. The van der Waals surface area contributed by atoms with Gasteiger partial charge in [-0.15, -0.1) is 0 Å². The molecular formula is C19H16F3NO3. The molecular weight excluding hydrogens is 347 g/mol. The van der Waals surface area contributed by atoms with Crippen molar-refractivity contribution >= 4 is 12.0 Å². The first kappa shape index (κ1) is 17.8. The number of fused-ring (bicyclic) bond motifs is 1. The van der Waals surface area contributed by atoms with E-state index in [2.05, 4.69) is 5.32 Å². The summed E-state index contributed by atoms with van der Waals surface area (Å²) in [6, 6.07) is 9.59. The van der Waals surface area contributed by atoms with Gasteiger partial charge in [-0.25, -0.2) is 0 Å². The lowest BCUT2D eigenvalue weighted by molar-refractivity contribution is -0.137. The van der Waals surface area contributed by atoms with Crippen LogP contribution in [0, 0.1) is 0 Å². The van der Waals surface area contributed by atoms with E-state index in [1.54, 1.807) is 37.3 Å². The number of benzene rings is 2. The first-order chi connectivity index (χ1) is 12.3. The Morgan fingerprint density at radius 1 is 1.15 bits per heavy atom.